The van der Waals surface area contributed by atoms with Crippen molar-refractivity contribution in [2.75, 3.05) is 18.5 Å². The molecule has 0 radical (unpaired) electrons. The van der Waals surface area contributed by atoms with E-state index in [1.54, 1.807) is 42.5 Å². The zero-order chi connectivity index (χ0) is 24.5. The highest BCUT2D eigenvalue weighted by Crippen LogP contribution is 2.25. The molecule has 1 fully saturated rings. The molecule has 0 atom stereocenters. The molecule has 2 N–H and O–H groups in total. The van der Waals surface area contributed by atoms with Gasteiger partial charge in [-0.1, -0.05) is 61.2 Å². The average Bonchev–Trinajstić information content (AvgIpc) is 2.89. The highest BCUT2D eigenvalue weighted by molar-refractivity contribution is 6.34. The zero-order valence-corrected chi connectivity index (χ0v) is 20.2. The molecule has 1 saturated carbocycles. The number of ether oxygens (including phenoxy) is 2. The van der Waals surface area contributed by atoms with E-state index in [9.17, 15) is 9.59 Å². The number of hydrogen-bond donors (Lipinski definition) is 2. The van der Waals surface area contributed by atoms with Gasteiger partial charge in [0, 0.05) is 11.7 Å². The predicted octanol–water partition coefficient (Wildman–Crippen LogP) is 6.11. The van der Waals surface area contributed by atoms with E-state index in [4.69, 9.17) is 21.1 Å². The number of nitrogens with one attached hydrogen (secondary N) is 2. The van der Waals surface area contributed by atoms with Gasteiger partial charge in [0.1, 0.15) is 24.7 Å². The lowest BCUT2D eigenvalue weighted by atomic mass is 9.95. The van der Waals surface area contributed by atoms with E-state index in [1.165, 1.54) is 6.42 Å². The van der Waals surface area contributed by atoms with Crippen LogP contribution in [-0.4, -0.2) is 31.1 Å². The Morgan fingerprint density at radius 1 is 0.800 bits per heavy atom. The molecule has 1 aliphatic rings. The van der Waals surface area contributed by atoms with Crippen LogP contribution < -0.4 is 20.1 Å². The Morgan fingerprint density at radius 2 is 1.51 bits per heavy atom. The minimum atomic E-state index is -0.342. The minimum Gasteiger partial charge on any atom is -0.490 e. The standard InChI is InChI=1S/C28H29ClN2O4/c29-25-16-15-21(19-24(25)28(33)30-20-9-3-1-4-10-20)31-27(32)23-13-7-8-14-26(23)35-18-17-34-22-11-5-2-6-12-22/h2,5-8,11-16,19-20H,1,3-4,9-10,17-18H2,(H,30,33)(H,31,32). The third kappa shape index (κ3) is 6.99. The Bertz CT molecular complexity index is 1150. The first-order chi connectivity index (χ1) is 17.1. The number of halogens is 1. The van der Waals surface area contributed by atoms with Crippen molar-refractivity contribution < 1.29 is 19.1 Å². The first-order valence-corrected chi connectivity index (χ1v) is 12.3. The Hall–Kier alpha value is -3.51. The number of anilines is 1. The van der Waals surface area contributed by atoms with Crippen LogP contribution >= 0.6 is 11.6 Å². The Labute approximate surface area is 210 Å². The second kappa shape index (κ2) is 12.3. The van der Waals surface area contributed by atoms with Crippen molar-refractivity contribution in [1.82, 2.24) is 5.32 Å². The molecule has 0 aliphatic heterocycles. The minimum absolute atomic E-state index is 0.167. The van der Waals surface area contributed by atoms with Crippen molar-refractivity contribution in [3.63, 3.8) is 0 Å². The number of carbonyl (C=O) groups is 2. The fraction of sp³-hybridized carbons (Fsp3) is 0.286. The molecule has 35 heavy (non-hydrogen) atoms. The van der Waals surface area contributed by atoms with Gasteiger partial charge in [0.25, 0.3) is 11.8 Å². The summed E-state index contributed by atoms with van der Waals surface area (Å²) in [6.45, 7) is 0.627. The van der Waals surface area contributed by atoms with Gasteiger partial charge in [-0.2, -0.15) is 0 Å². The number of carbonyl (C=O) groups excluding carboxylic acids is 2. The molecule has 3 aromatic carbocycles. The van der Waals surface area contributed by atoms with E-state index in [1.807, 2.05) is 30.3 Å². The van der Waals surface area contributed by atoms with Crippen molar-refractivity contribution in [3.05, 3.63) is 88.9 Å². The van der Waals surface area contributed by atoms with Gasteiger partial charge in [0.15, 0.2) is 0 Å². The van der Waals surface area contributed by atoms with Crippen LogP contribution in [0.3, 0.4) is 0 Å². The Balaban J connectivity index is 1.37. The average molecular weight is 493 g/mol. The molecule has 2 amide bonds. The zero-order valence-electron chi connectivity index (χ0n) is 19.5. The van der Waals surface area contributed by atoms with Crippen LogP contribution in [0.2, 0.25) is 5.02 Å². The molecule has 0 bridgehead atoms. The number of hydrogen-bond acceptors (Lipinski definition) is 4. The van der Waals surface area contributed by atoms with Gasteiger partial charge >= 0.3 is 0 Å². The summed E-state index contributed by atoms with van der Waals surface area (Å²) < 4.78 is 11.5. The summed E-state index contributed by atoms with van der Waals surface area (Å²) in [6, 6.07) is 21.5. The van der Waals surface area contributed by atoms with Gasteiger partial charge in [0.2, 0.25) is 0 Å². The van der Waals surface area contributed by atoms with E-state index < -0.39 is 0 Å². The first-order valence-electron chi connectivity index (χ1n) is 11.9. The topological polar surface area (TPSA) is 76.7 Å². The molecule has 182 valence electrons. The molecular weight excluding hydrogens is 464 g/mol. The smallest absolute Gasteiger partial charge is 0.259 e. The summed E-state index contributed by atoms with van der Waals surface area (Å²) in [7, 11) is 0. The van der Waals surface area contributed by atoms with E-state index in [2.05, 4.69) is 10.6 Å². The number of benzene rings is 3. The monoisotopic (exact) mass is 492 g/mol. The summed E-state index contributed by atoms with van der Waals surface area (Å²) in [4.78, 5) is 25.8. The van der Waals surface area contributed by atoms with Gasteiger partial charge in [0.05, 0.1) is 16.1 Å². The molecule has 1 aliphatic carbocycles. The molecule has 7 heteroatoms. The van der Waals surface area contributed by atoms with Gasteiger partial charge in [-0.15, -0.1) is 0 Å². The van der Waals surface area contributed by atoms with Crippen LogP contribution in [0.5, 0.6) is 11.5 Å². The summed E-state index contributed by atoms with van der Waals surface area (Å²) in [5.74, 6) is 0.643. The normalized spacial score (nSPS) is 13.6. The van der Waals surface area contributed by atoms with Crippen molar-refractivity contribution in [2.24, 2.45) is 0 Å². The third-order valence-electron chi connectivity index (χ3n) is 5.89. The van der Waals surface area contributed by atoms with Crippen LogP contribution in [0.4, 0.5) is 5.69 Å². The van der Waals surface area contributed by atoms with Crippen LogP contribution in [0.15, 0.2) is 72.8 Å². The van der Waals surface area contributed by atoms with E-state index >= 15 is 0 Å². The van der Waals surface area contributed by atoms with Gasteiger partial charge in [-0.05, 0) is 55.3 Å². The maximum Gasteiger partial charge on any atom is 0.259 e. The van der Waals surface area contributed by atoms with Crippen LogP contribution in [0.1, 0.15) is 52.8 Å². The van der Waals surface area contributed by atoms with Crippen LogP contribution in [-0.2, 0) is 0 Å². The van der Waals surface area contributed by atoms with Crippen molar-refractivity contribution in [2.45, 2.75) is 38.1 Å². The van der Waals surface area contributed by atoms with Gasteiger partial charge < -0.3 is 20.1 Å². The van der Waals surface area contributed by atoms with Crippen LogP contribution in [0, 0.1) is 0 Å². The number of amides is 2. The quantitative estimate of drug-likeness (QED) is 0.353. The molecule has 0 spiro atoms. The molecular formula is C28H29ClN2O4. The van der Waals surface area contributed by atoms with Crippen molar-refractivity contribution in [3.8, 4) is 11.5 Å². The lowest BCUT2D eigenvalue weighted by molar-refractivity contribution is 0.0926. The molecule has 6 nitrogen and oxygen atoms in total. The van der Waals surface area contributed by atoms with E-state index in [0.717, 1.165) is 31.4 Å². The molecule has 4 rings (SSSR count). The molecule has 0 unspecified atom stereocenters. The second-order valence-corrected chi connectivity index (χ2v) is 8.87. The Morgan fingerprint density at radius 3 is 2.31 bits per heavy atom. The second-order valence-electron chi connectivity index (χ2n) is 8.46. The SMILES string of the molecule is O=C(NC1CCCCC1)c1cc(NC(=O)c2ccccc2OCCOc2ccccc2)ccc1Cl. The lowest BCUT2D eigenvalue weighted by Crippen LogP contribution is -2.36. The molecule has 3 aromatic rings. The summed E-state index contributed by atoms with van der Waals surface area (Å²) in [5, 5.41) is 6.27. The molecule has 0 aromatic heterocycles. The molecule has 0 saturated heterocycles. The number of rotatable bonds is 9. The summed E-state index contributed by atoms with van der Waals surface area (Å²) in [6.07, 6.45) is 5.41. The van der Waals surface area contributed by atoms with E-state index in [0.29, 0.717) is 34.2 Å². The lowest BCUT2D eigenvalue weighted by Gasteiger charge is -2.23. The maximum atomic E-state index is 13.0. The highest BCUT2D eigenvalue weighted by Gasteiger charge is 2.19. The number of para-hydroxylation sites is 2. The summed E-state index contributed by atoms with van der Waals surface area (Å²) >= 11 is 6.30. The predicted molar refractivity (Wildman–Crippen MR) is 138 cm³/mol. The highest BCUT2D eigenvalue weighted by atomic mass is 35.5. The molecule has 0 heterocycles. The third-order valence-corrected chi connectivity index (χ3v) is 6.22. The Kier molecular flexibility index (Phi) is 8.63. The largest absolute Gasteiger partial charge is 0.490 e. The fourth-order valence-corrected chi connectivity index (χ4v) is 4.30. The van der Waals surface area contributed by atoms with Gasteiger partial charge in [-0.25, -0.2) is 0 Å². The van der Waals surface area contributed by atoms with Crippen molar-refractivity contribution in [1.29, 1.82) is 0 Å². The van der Waals surface area contributed by atoms with Crippen molar-refractivity contribution >= 4 is 29.1 Å². The van der Waals surface area contributed by atoms with Gasteiger partial charge in [-0.3, -0.25) is 9.59 Å². The summed E-state index contributed by atoms with van der Waals surface area (Å²) in [5.41, 5.74) is 1.21. The first kappa shape index (κ1) is 24.6. The van der Waals surface area contributed by atoms with Crippen LogP contribution in [0.25, 0.3) is 0 Å². The maximum absolute atomic E-state index is 13.0. The fourth-order valence-electron chi connectivity index (χ4n) is 4.09. The van der Waals surface area contributed by atoms with E-state index in [-0.39, 0.29) is 24.5 Å².